The Morgan fingerprint density at radius 1 is 1.16 bits per heavy atom. The fraction of sp³-hybridized carbons (Fsp3) is 0.682. The molecule has 1 unspecified atom stereocenters. The van der Waals surface area contributed by atoms with Gasteiger partial charge < -0.3 is 20.1 Å². The molecule has 0 aromatic heterocycles. The van der Waals surface area contributed by atoms with Gasteiger partial charge in [0.05, 0.1) is 17.6 Å². The summed E-state index contributed by atoms with van der Waals surface area (Å²) in [5, 5.41) is 6.66. The van der Waals surface area contributed by atoms with Gasteiger partial charge in [-0.2, -0.15) is 0 Å². The van der Waals surface area contributed by atoms with Crippen LogP contribution in [0.4, 0.5) is 5.69 Å². The summed E-state index contributed by atoms with van der Waals surface area (Å²) in [5.74, 6) is 2.88. The first-order chi connectivity index (χ1) is 14.4. The van der Waals surface area contributed by atoms with E-state index in [1.54, 1.807) is 0 Å². The molecule has 3 rings (SSSR count). The molecule has 2 aliphatic rings. The summed E-state index contributed by atoms with van der Waals surface area (Å²) >= 11 is 0. The number of hydrogen-bond donors (Lipinski definition) is 2. The van der Waals surface area contributed by atoms with Gasteiger partial charge in [-0.15, -0.1) is 24.0 Å². The third kappa shape index (κ3) is 10.4. The minimum Gasteiger partial charge on any atom is -0.491 e. The second-order valence-corrected chi connectivity index (χ2v) is 10.8. The fourth-order valence-corrected chi connectivity index (χ4v) is 5.17. The first-order valence-corrected chi connectivity index (χ1v) is 12.8. The van der Waals surface area contributed by atoms with Crippen molar-refractivity contribution < 1.29 is 17.9 Å². The summed E-state index contributed by atoms with van der Waals surface area (Å²) in [6.45, 7) is 6.85. The molecular weight excluding hydrogens is 529 g/mol. The number of benzene rings is 1. The van der Waals surface area contributed by atoms with Crippen molar-refractivity contribution in [3.05, 3.63) is 24.3 Å². The molecule has 0 spiro atoms. The van der Waals surface area contributed by atoms with Gasteiger partial charge in [-0.05, 0) is 75.6 Å². The van der Waals surface area contributed by atoms with Crippen molar-refractivity contribution in [2.45, 2.75) is 45.6 Å². The second kappa shape index (κ2) is 12.8. The number of nitrogens with zero attached hydrogens (tertiary/aromatic N) is 1. The largest absolute Gasteiger partial charge is 0.491 e. The lowest BCUT2D eigenvalue weighted by molar-refractivity contribution is 0.123. The Bertz CT molecular complexity index is 795. The van der Waals surface area contributed by atoms with Crippen LogP contribution in [0.5, 0.6) is 5.75 Å². The number of hydrogen-bond acceptors (Lipinski definition) is 5. The van der Waals surface area contributed by atoms with Gasteiger partial charge in [-0.3, -0.25) is 4.99 Å². The lowest BCUT2D eigenvalue weighted by Crippen LogP contribution is -2.33. The molecule has 1 aromatic rings. The molecule has 1 atom stereocenters. The van der Waals surface area contributed by atoms with Crippen LogP contribution in [0, 0.1) is 11.8 Å². The molecule has 1 aliphatic heterocycles. The molecule has 1 saturated heterocycles. The Labute approximate surface area is 203 Å². The smallest absolute Gasteiger partial charge is 0.195 e. The van der Waals surface area contributed by atoms with E-state index in [4.69, 9.17) is 9.47 Å². The van der Waals surface area contributed by atoms with Crippen molar-refractivity contribution in [3.8, 4) is 5.75 Å². The van der Waals surface area contributed by atoms with Gasteiger partial charge in [-0.1, -0.05) is 0 Å². The van der Waals surface area contributed by atoms with Crippen molar-refractivity contribution in [2.75, 3.05) is 43.1 Å². The van der Waals surface area contributed by atoms with Crippen LogP contribution in [0.15, 0.2) is 29.3 Å². The maximum atomic E-state index is 11.7. The minimum absolute atomic E-state index is 0. The van der Waals surface area contributed by atoms with Crippen molar-refractivity contribution in [2.24, 2.45) is 16.8 Å². The highest BCUT2D eigenvalue weighted by Gasteiger charge is 2.27. The predicted octanol–water partition coefficient (Wildman–Crippen LogP) is 3.70. The lowest BCUT2D eigenvalue weighted by Gasteiger charge is -2.15. The Morgan fingerprint density at radius 3 is 2.52 bits per heavy atom. The summed E-state index contributed by atoms with van der Waals surface area (Å²) < 4.78 is 34.8. The highest BCUT2D eigenvalue weighted by molar-refractivity contribution is 14.0. The number of halogens is 1. The molecule has 1 saturated carbocycles. The number of aliphatic imine (C=N–C) groups is 1. The zero-order valence-corrected chi connectivity index (χ0v) is 21.7. The fourth-order valence-electron chi connectivity index (χ4n) is 3.32. The van der Waals surface area contributed by atoms with Crippen LogP contribution in [0.25, 0.3) is 0 Å². The molecule has 176 valence electrons. The number of nitrogens with one attached hydrogen (secondary N) is 2. The Kier molecular flexibility index (Phi) is 10.8. The van der Waals surface area contributed by atoms with Gasteiger partial charge in [0, 0.05) is 32.0 Å². The van der Waals surface area contributed by atoms with Crippen LogP contribution in [-0.4, -0.2) is 58.3 Å². The Balaban J connectivity index is 0.00000341. The molecule has 2 N–H and O–H groups in total. The molecule has 2 fully saturated rings. The second-order valence-electron chi connectivity index (χ2n) is 8.57. The third-order valence-electron chi connectivity index (χ3n) is 5.13. The topological polar surface area (TPSA) is 89.0 Å². The van der Waals surface area contributed by atoms with Crippen LogP contribution in [0.1, 0.15) is 39.5 Å². The van der Waals surface area contributed by atoms with Gasteiger partial charge in [0.1, 0.15) is 5.75 Å². The highest BCUT2D eigenvalue weighted by atomic mass is 127. The Morgan fingerprint density at radius 2 is 1.90 bits per heavy atom. The van der Waals surface area contributed by atoms with E-state index in [0.717, 1.165) is 43.5 Å². The molecule has 31 heavy (non-hydrogen) atoms. The summed E-state index contributed by atoms with van der Waals surface area (Å²) in [4.78, 5) is 4.65. The summed E-state index contributed by atoms with van der Waals surface area (Å²) in [6, 6.07) is 7.76. The zero-order valence-electron chi connectivity index (χ0n) is 18.5. The van der Waals surface area contributed by atoms with Crippen LogP contribution in [0.3, 0.4) is 0 Å². The van der Waals surface area contributed by atoms with E-state index in [-0.39, 0.29) is 47.5 Å². The van der Waals surface area contributed by atoms with E-state index in [1.807, 2.05) is 38.1 Å². The van der Waals surface area contributed by atoms with E-state index in [0.29, 0.717) is 18.9 Å². The number of rotatable bonds is 11. The van der Waals surface area contributed by atoms with Crippen molar-refractivity contribution in [3.63, 3.8) is 0 Å². The summed E-state index contributed by atoms with van der Waals surface area (Å²) in [7, 11) is -2.89. The average molecular weight is 566 g/mol. The molecule has 1 aliphatic carbocycles. The lowest BCUT2D eigenvalue weighted by atomic mass is 10.1. The van der Waals surface area contributed by atoms with Gasteiger partial charge >= 0.3 is 0 Å². The molecule has 7 nitrogen and oxygen atoms in total. The number of guanidine groups is 1. The summed E-state index contributed by atoms with van der Waals surface area (Å²) in [6.07, 6.45) is 4.32. The average Bonchev–Trinajstić information content (AvgIpc) is 3.45. The van der Waals surface area contributed by atoms with Crippen LogP contribution in [0.2, 0.25) is 0 Å². The Hall–Kier alpha value is -1.07. The normalized spacial score (nSPS) is 20.4. The van der Waals surface area contributed by atoms with Gasteiger partial charge in [0.15, 0.2) is 15.8 Å². The van der Waals surface area contributed by atoms with Crippen LogP contribution >= 0.6 is 24.0 Å². The predicted molar refractivity (Wildman–Crippen MR) is 136 cm³/mol. The van der Waals surface area contributed by atoms with Crippen molar-refractivity contribution in [1.82, 2.24) is 5.32 Å². The molecule has 1 aromatic carbocycles. The molecule has 0 radical (unpaired) electrons. The van der Waals surface area contributed by atoms with E-state index < -0.39 is 9.84 Å². The molecular formula is C22H36IN3O4S. The maximum absolute atomic E-state index is 11.7. The third-order valence-corrected chi connectivity index (χ3v) is 6.97. The van der Waals surface area contributed by atoms with E-state index in [1.165, 1.54) is 12.8 Å². The first-order valence-electron chi connectivity index (χ1n) is 11.0. The number of anilines is 1. The zero-order chi connectivity index (χ0) is 21.4. The van der Waals surface area contributed by atoms with E-state index in [2.05, 4.69) is 15.6 Å². The monoisotopic (exact) mass is 565 g/mol. The van der Waals surface area contributed by atoms with E-state index in [9.17, 15) is 8.42 Å². The molecule has 0 bridgehead atoms. The van der Waals surface area contributed by atoms with Gasteiger partial charge in [-0.25, -0.2) is 8.42 Å². The quantitative estimate of drug-likeness (QED) is 0.184. The molecule has 0 amide bonds. The van der Waals surface area contributed by atoms with Gasteiger partial charge in [0.2, 0.25) is 0 Å². The van der Waals surface area contributed by atoms with Gasteiger partial charge in [0.25, 0.3) is 0 Å². The summed E-state index contributed by atoms with van der Waals surface area (Å²) in [5.41, 5.74) is 0.904. The standard InChI is InChI=1S/C22H35N3O4S.HI/c1-17(2)29-21-8-6-20(7-9-21)25-22(23-11-3-12-28-15-18-4-5-18)24-14-19-10-13-30(26,27)16-19;/h6-9,17-19H,3-5,10-16H2,1-2H3,(H2,23,24,25);1H. The molecule has 9 heteroatoms. The van der Waals surface area contributed by atoms with Crippen LogP contribution in [-0.2, 0) is 14.6 Å². The number of ether oxygens (including phenoxy) is 2. The maximum Gasteiger partial charge on any atom is 0.195 e. The van der Waals surface area contributed by atoms with Crippen molar-refractivity contribution in [1.29, 1.82) is 0 Å². The molecule has 1 heterocycles. The SMILES string of the molecule is CC(C)Oc1ccc(NC(=NCC2CCS(=O)(=O)C2)NCCCOCC2CC2)cc1.I. The van der Waals surface area contributed by atoms with Crippen molar-refractivity contribution >= 4 is 45.5 Å². The minimum atomic E-state index is -2.89. The van der Waals surface area contributed by atoms with E-state index >= 15 is 0 Å². The first kappa shape index (κ1) is 26.2. The highest BCUT2D eigenvalue weighted by Crippen LogP contribution is 2.28. The number of sulfone groups is 1. The van der Waals surface area contributed by atoms with Crippen LogP contribution < -0.4 is 15.4 Å².